The number of piperidine rings is 1. The Balaban J connectivity index is 1.53. The second-order valence-electron chi connectivity index (χ2n) is 6.46. The molecular formula is C19H24N2O4. The molecule has 1 aromatic rings. The SMILES string of the molecule is O=C(O)C1CCN(C(=O)/C=C/c2ccc(N3CCOCC3)cc2)CC1. The van der Waals surface area contributed by atoms with Crippen LogP contribution in [0.25, 0.3) is 6.08 Å². The highest BCUT2D eigenvalue weighted by Gasteiger charge is 2.25. The normalized spacial score (nSPS) is 19.4. The van der Waals surface area contributed by atoms with Crippen molar-refractivity contribution >= 4 is 23.6 Å². The molecular weight excluding hydrogens is 320 g/mol. The van der Waals surface area contributed by atoms with Crippen molar-refractivity contribution in [2.75, 3.05) is 44.3 Å². The molecule has 2 saturated heterocycles. The zero-order valence-electron chi connectivity index (χ0n) is 14.3. The minimum Gasteiger partial charge on any atom is -0.481 e. The molecule has 0 radical (unpaired) electrons. The third kappa shape index (κ3) is 4.60. The van der Waals surface area contributed by atoms with Crippen molar-refractivity contribution in [1.82, 2.24) is 4.90 Å². The van der Waals surface area contributed by atoms with E-state index in [-0.39, 0.29) is 11.8 Å². The molecule has 1 aromatic carbocycles. The van der Waals surface area contributed by atoms with Gasteiger partial charge in [-0.05, 0) is 36.6 Å². The Morgan fingerprint density at radius 3 is 2.28 bits per heavy atom. The number of likely N-dealkylation sites (tertiary alicyclic amines) is 1. The predicted octanol–water partition coefficient (Wildman–Crippen LogP) is 1.86. The van der Waals surface area contributed by atoms with Gasteiger partial charge in [-0.15, -0.1) is 0 Å². The van der Waals surface area contributed by atoms with Crippen molar-refractivity contribution in [2.24, 2.45) is 5.92 Å². The van der Waals surface area contributed by atoms with E-state index in [1.165, 1.54) is 5.69 Å². The summed E-state index contributed by atoms with van der Waals surface area (Å²) in [5.41, 5.74) is 2.15. The number of morpholine rings is 1. The number of benzene rings is 1. The summed E-state index contributed by atoms with van der Waals surface area (Å²) in [4.78, 5) is 27.2. The zero-order valence-corrected chi connectivity index (χ0v) is 14.3. The van der Waals surface area contributed by atoms with Gasteiger partial charge in [0.25, 0.3) is 0 Å². The molecule has 0 atom stereocenters. The third-order valence-corrected chi connectivity index (χ3v) is 4.84. The molecule has 0 bridgehead atoms. The summed E-state index contributed by atoms with van der Waals surface area (Å²) < 4.78 is 5.36. The van der Waals surface area contributed by atoms with Crippen LogP contribution in [0.2, 0.25) is 0 Å². The summed E-state index contributed by atoms with van der Waals surface area (Å²) in [7, 11) is 0. The minimum absolute atomic E-state index is 0.0545. The Bertz CT molecular complexity index is 627. The van der Waals surface area contributed by atoms with Crippen LogP contribution in [-0.2, 0) is 14.3 Å². The first-order valence-corrected chi connectivity index (χ1v) is 8.76. The van der Waals surface area contributed by atoms with Crippen molar-refractivity contribution in [3.05, 3.63) is 35.9 Å². The number of carbonyl (C=O) groups excluding carboxylic acids is 1. The fourth-order valence-corrected chi connectivity index (χ4v) is 3.24. The second-order valence-corrected chi connectivity index (χ2v) is 6.46. The molecule has 0 spiro atoms. The Morgan fingerprint density at radius 2 is 1.68 bits per heavy atom. The first-order chi connectivity index (χ1) is 12.1. The number of nitrogens with zero attached hydrogens (tertiary/aromatic N) is 2. The molecule has 0 unspecified atom stereocenters. The largest absolute Gasteiger partial charge is 0.481 e. The fraction of sp³-hybridized carbons (Fsp3) is 0.474. The minimum atomic E-state index is -0.761. The number of ether oxygens (including phenoxy) is 1. The van der Waals surface area contributed by atoms with Gasteiger partial charge in [-0.2, -0.15) is 0 Å². The number of carboxylic acid groups (broad SMARTS) is 1. The van der Waals surface area contributed by atoms with Crippen molar-refractivity contribution < 1.29 is 19.4 Å². The molecule has 0 saturated carbocycles. The molecule has 0 aliphatic carbocycles. The Morgan fingerprint density at radius 1 is 1.04 bits per heavy atom. The molecule has 2 aliphatic rings. The van der Waals surface area contributed by atoms with Crippen LogP contribution in [-0.4, -0.2) is 61.3 Å². The van der Waals surface area contributed by atoms with E-state index in [1.54, 1.807) is 11.0 Å². The molecule has 134 valence electrons. The number of carbonyl (C=O) groups is 2. The molecule has 2 aliphatic heterocycles. The summed E-state index contributed by atoms with van der Waals surface area (Å²) in [6.07, 6.45) is 4.45. The maximum Gasteiger partial charge on any atom is 0.306 e. The van der Waals surface area contributed by atoms with E-state index in [1.807, 2.05) is 18.2 Å². The van der Waals surface area contributed by atoms with E-state index in [9.17, 15) is 9.59 Å². The summed E-state index contributed by atoms with van der Waals surface area (Å²) in [5, 5.41) is 9.00. The molecule has 2 heterocycles. The Labute approximate surface area is 147 Å². The third-order valence-electron chi connectivity index (χ3n) is 4.84. The molecule has 6 nitrogen and oxygen atoms in total. The van der Waals surface area contributed by atoms with Gasteiger partial charge in [0.15, 0.2) is 0 Å². The van der Waals surface area contributed by atoms with E-state index in [0.29, 0.717) is 25.9 Å². The summed E-state index contributed by atoms with van der Waals surface area (Å²) in [6, 6.07) is 8.14. The summed E-state index contributed by atoms with van der Waals surface area (Å²) in [6.45, 7) is 4.34. The zero-order chi connectivity index (χ0) is 17.6. The fourth-order valence-electron chi connectivity index (χ4n) is 3.24. The monoisotopic (exact) mass is 344 g/mol. The van der Waals surface area contributed by atoms with Gasteiger partial charge in [0.1, 0.15) is 0 Å². The lowest BCUT2D eigenvalue weighted by atomic mass is 9.97. The van der Waals surface area contributed by atoms with Gasteiger partial charge >= 0.3 is 5.97 Å². The number of anilines is 1. The number of amides is 1. The summed E-state index contributed by atoms with van der Waals surface area (Å²) >= 11 is 0. The van der Waals surface area contributed by atoms with Crippen molar-refractivity contribution in [2.45, 2.75) is 12.8 Å². The molecule has 2 fully saturated rings. The van der Waals surface area contributed by atoms with E-state index in [0.717, 1.165) is 31.9 Å². The highest BCUT2D eigenvalue weighted by Crippen LogP contribution is 2.19. The van der Waals surface area contributed by atoms with Gasteiger partial charge in [-0.25, -0.2) is 0 Å². The van der Waals surface area contributed by atoms with Gasteiger partial charge < -0.3 is 19.6 Å². The van der Waals surface area contributed by atoms with E-state index in [4.69, 9.17) is 9.84 Å². The Hall–Kier alpha value is -2.34. The van der Waals surface area contributed by atoms with Crippen LogP contribution < -0.4 is 4.90 Å². The second kappa shape index (κ2) is 8.16. The van der Waals surface area contributed by atoms with Crippen LogP contribution in [0.3, 0.4) is 0 Å². The van der Waals surface area contributed by atoms with Crippen LogP contribution in [0.15, 0.2) is 30.3 Å². The van der Waals surface area contributed by atoms with Crippen LogP contribution >= 0.6 is 0 Å². The van der Waals surface area contributed by atoms with Crippen LogP contribution in [0, 0.1) is 5.92 Å². The van der Waals surface area contributed by atoms with Crippen molar-refractivity contribution in [1.29, 1.82) is 0 Å². The average Bonchev–Trinajstić information content (AvgIpc) is 2.67. The average molecular weight is 344 g/mol. The first-order valence-electron chi connectivity index (χ1n) is 8.76. The maximum absolute atomic E-state index is 12.2. The lowest BCUT2D eigenvalue weighted by Gasteiger charge is -2.29. The van der Waals surface area contributed by atoms with Gasteiger partial charge in [0.2, 0.25) is 5.91 Å². The number of hydrogen-bond acceptors (Lipinski definition) is 4. The summed E-state index contributed by atoms with van der Waals surface area (Å²) in [5.74, 6) is -1.13. The van der Waals surface area contributed by atoms with Crippen molar-refractivity contribution in [3.63, 3.8) is 0 Å². The molecule has 1 N–H and O–H groups in total. The standard InChI is InChI=1S/C19H24N2O4/c22-18(21-9-7-16(8-10-21)19(23)24)6-3-15-1-4-17(5-2-15)20-11-13-25-14-12-20/h1-6,16H,7-14H2,(H,23,24)/b6-3+. The van der Waals surface area contributed by atoms with E-state index < -0.39 is 5.97 Å². The lowest BCUT2D eigenvalue weighted by molar-refractivity contribution is -0.144. The van der Waals surface area contributed by atoms with Crippen molar-refractivity contribution in [3.8, 4) is 0 Å². The van der Waals surface area contributed by atoms with Crippen LogP contribution in [0.4, 0.5) is 5.69 Å². The lowest BCUT2D eigenvalue weighted by Crippen LogP contribution is -2.39. The van der Waals surface area contributed by atoms with E-state index in [2.05, 4.69) is 17.0 Å². The van der Waals surface area contributed by atoms with Crippen LogP contribution in [0.5, 0.6) is 0 Å². The van der Waals surface area contributed by atoms with Gasteiger partial charge in [0.05, 0.1) is 19.1 Å². The number of hydrogen-bond donors (Lipinski definition) is 1. The van der Waals surface area contributed by atoms with Gasteiger partial charge in [0, 0.05) is 37.9 Å². The van der Waals surface area contributed by atoms with Crippen LogP contribution in [0.1, 0.15) is 18.4 Å². The highest BCUT2D eigenvalue weighted by molar-refractivity contribution is 5.92. The number of carboxylic acids is 1. The topological polar surface area (TPSA) is 70.1 Å². The van der Waals surface area contributed by atoms with Gasteiger partial charge in [-0.1, -0.05) is 12.1 Å². The van der Waals surface area contributed by atoms with E-state index >= 15 is 0 Å². The Kier molecular flexibility index (Phi) is 5.71. The molecule has 25 heavy (non-hydrogen) atoms. The van der Waals surface area contributed by atoms with Gasteiger partial charge in [-0.3, -0.25) is 9.59 Å². The first kappa shape index (κ1) is 17.5. The quantitative estimate of drug-likeness (QED) is 0.844. The molecule has 0 aromatic heterocycles. The number of rotatable bonds is 4. The number of aliphatic carboxylic acids is 1. The predicted molar refractivity (Wildman–Crippen MR) is 95.4 cm³/mol. The maximum atomic E-state index is 12.2. The molecule has 1 amide bonds. The molecule has 6 heteroatoms. The smallest absolute Gasteiger partial charge is 0.306 e. The molecule has 3 rings (SSSR count). The highest BCUT2D eigenvalue weighted by atomic mass is 16.5.